The van der Waals surface area contributed by atoms with Crippen molar-refractivity contribution in [1.29, 1.82) is 0 Å². The third-order valence-electron chi connectivity index (χ3n) is 6.35. The number of aliphatic hydroxyl groups excluding tert-OH is 2. The van der Waals surface area contributed by atoms with Crippen LogP contribution in [0, 0.1) is 0 Å². The van der Waals surface area contributed by atoms with Crippen LogP contribution in [-0.4, -0.2) is 60.1 Å². The van der Waals surface area contributed by atoms with Gasteiger partial charge in [-0.2, -0.15) is 0 Å². The molecule has 0 aliphatic rings. The minimum Gasteiger partial charge on any atom is -1.00 e. The Morgan fingerprint density at radius 1 is 0.812 bits per heavy atom. The first-order chi connectivity index (χ1) is 15.0. The van der Waals surface area contributed by atoms with Crippen molar-refractivity contribution in [3.63, 3.8) is 0 Å². The highest BCUT2D eigenvalue weighted by atomic mass is 35.5. The molecule has 6 heteroatoms. The third-order valence-corrected chi connectivity index (χ3v) is 6.35. The maximum absolute atomic E-state index is 12.3. The number of carbonyl (C=O) groups is 1. The molecule has 0 aliphatic heterocycles. The Morgan fingerprint density at radius 3 is 1.75 bits per heavy atom. The van der Waals surface area contributed by atoms with Gasteiger partial charge in [0.2, 0.25) is 5.91 Å². The molecule has 0 aromatic heterocycles. The first-order valence-corrected chi connectivity index (χ1v) is 13.0. The summed E-state index contributed by atoms with van der Waals surface area (Å²) in [6.07, 6.45) is 22.3. The molecule has 0 heterocycles. The third kappa shape index (κ3) is 17.9. The molecule has 1 atom stereocenters. The number of hydrogen-bond acceptors (Lipinski definition) is 3. The largest absolute Gasteiger partial charge is 1.00 e. The molecule has 5 nitrogen and oxygen atoms in total. The van der Waals surface area contributed by atoms with E-state index in [0.29, 0.717) is 24.0 Å². The van der Waals surface area contributed by atoms with Gasteiger partial charge >= 0.3 is 0 Å². The molecule has 0 spiro atoms. The highest BCUT2D eigenvalue weighted by Gasteiger charge is 2.31. The lowest BCUT2D eigenvalue weighted by Gasteiger charge is -2.40. The quantitative estimate of drug-likeness (QED) is 0.0971. The predicted octanol–water partition coefficient (Wildman–Crippen LogP) is 2.31. The number of halogens is 1. The standard InChI is InChI=1S/C26H52N2O3.ClH/c1-4-6-7-8-9-10-11-12-13-14-15-16-17-18-19-20-26(31)27-25(5-2)28(3,21-23-29)22-24-30;/h12-13,25,29-30H,4-11,14-24H2,1-3H3;1H/b13-12-;. The zero-order chi connectivity index (χ0) is 23.2. The lowest BCUT2D eigenvalue weighted by atomic mass is 10.1. The summed E-state index contributed by atoms with van der Waals surface area (Å²) in [6.45, 7) is 5.48. The molecule has 3 N–H and O–H groups in total. The fourth-order valence-corrected chi connectivity index (χ4v) is 4.19. The Labute approximate surface area is 205 Å². The van der Waals surface area contributed by atoms with Gasteiger partial charge in [-0.25, -0.2) is 0 Å². The first kappa shape index (κ1) is 33.6. The highest BCUT2D eigenvalue weighted by Crippen LogP contribution is 2.13. The Bertz CT molecular complexity index is 441. The molecule has 0 saturated heterocycles. The van der Waals surface area contributed by atoms with Gasteiger partial charge in [0, 0.05) is 12.8 Å². The Morgan fingerprint density at radius 2 is 1.28 bits per heavy atom. The maximum atomic E-state index is 12.3. The molecule has 0 fully saturated rings. The van der Waals surface area contributed by atoms with Crippen LogP contribution in [0.2, 0.25) is 0 Å². The topological polar surface area (TPSA) is 69.6 Å². The Kier molecular flexibility index (Phi) is 24.7. The van der Waals surface area contributed by atoms with Gasteiger partial charge in [-0.1, -0.05) is 77.4 Å². The fraction of sp³-hybridized carbons (Fsp3) is 0.885. The first-order valence-electron chi connectivity index (χ1n) is 13.0. The van der Waals surface area contributed by atoms with Gasteiger partial charge in [-0.3, -0.25) is 4.79 Å². The van der Waals surface area contributed by atoms with E-state index in [2.05, 4.69) is 24.4 Å². The number of carbonyl (C=O) groups excluding carboxylic acids is 1. The van der Waals surface area contributed by atoms with Crippen LogP contribution in [0.1, 0.15) is 110 Å². The summed E-state index contributed by atoms with van der Waals surface area (Å²) in [5.74, 6) is 0.0877. The van der Waals surface area contributed by atoms with Crippen LogP contribution < -0.4 is 17.7 Å². The number of nitrogens with zero attached hydrogens (tertiary/aromatic N) is 1. The molecule has 1 amide bonds. The van der Waals surface area contributed by atoms with Crippen LogP contribution in [0.4, 0.5) is 0 Å². The average Bonchev–Trinajstić information content (AvgIpc) is 2.75. The van der Waals surface area contributed by atoms with Crippen LogP contribution >= 0.6 is 0 Å². The molecule has 0 aliphatic carbocycles. The van der Waals surface area contributed by atoms with Crippen molar-refractivity contribution in [3.8, 4) is 0 Å². The van der Waals surface area contributed by atoms with Gasteiger partial charge in [0.25, 0.3) is 0 Å². The summed E-state index contributed by atoms with van der Waals surface area (Å²) in [6, 6.07) is 0. The van der Waals surface area contributed by atoms with E-state index in [0.717, 1.165) is 19.3 Å². The zero-order valence-electron chi connectivity index (χ0n) is 21.3. The van der Waals surface area contributed by atoms with Crippen LogP contribution in [-0.2, 0) is 4.79 Å². The summed E-state index contributed by atoms with van der Waals surface area (Å²) in [5.41, 5.74) is 0. The normalized spacial score (nSPS) is 12.7. The van der Waals surface area contributed by atoms with Gasteiger partial charge in [-0.05, 0) is 32.1 Å². The zero-order valence-corrected chi connectivity index (χ0v) is 22.1. The summed E-state index contributed by atoms with van der Waals surface area (Å²) < 4.78 is 0.474. The van der Waals surface area contributed by atoms with Gasteiger partial charge in [-0.15, -0.1) is 0 Å². The molecule has 0 saturated carbocycles. The molecule has 192 valence electrons. The summed E-state index contributed by atoms with van der Waals surface area (Å²) in [4.78, 5) is 12.3. The van der Waals surface area contributed by atoms with Crippen molar-refractivity contribution in [2.24, 2.45) is 0 Å². The van der Waals surface area contributed by atoms with Crippen LogP contribution in [0.5, 0.6) is 0 Å². The average molecular weight is 477 g/mol. The second-order valence-corrected chi connectivity index (χ2v) is 9.20. The Hall–Kier alpha value is -0.620. The van der Waals surface area contributed by atoms with E-state index >= 15 is 0 Å². The van der Waals surface area contributed by atoms with E-state index in [1.54, 1.807) is 0 Å². The van der Waals surface area contributed by atoms with Gasteiger partial charge in [0.05, 0.1) is 20.3 Å². The number of amides is 1. The molecule has 0 rings (SSSR count). The number of unbranched alkanes of at least 4 members (excludes halogenated alkanes) is 11. The van der Waals surface area contributed by atoms with Crippen LogP contribution in [0.15, 0.2) is 12.2 Å². The van der Waals surface area contributed by atoms with E-state index in [4.69, 9.17) is 0 Å². The lowest BCUT2D eigenvalue weighted by Crippen LogP contribution is -3.00. The van der Waals surface area contributed by atoms with Crippen molar-refractivity contribution in [1.82, 2.24) is 5.32 Å². The summed E-state index contributed by atoms with van der Waals surface area (Å²) >= 11 is 0. The van der Waals surface area contributed by atoms with E-state index in [1.807, 2.05) is 14.0 Å². The number of rotatable bonds is 22. The lowest BCUT2D eigenvalue weighted by molar-refractivity contribution is -0.936. The second-order valence-electron chi connectivity index (χ2n) is 9.20. The van der Waals surface area contributed by atoms with E-state index in [-0.39, 0.29) is 37.7 Å². The molecule has 0 radical (unpaired) electrons. The molecule has 0 aromatic carbocycles. The number of likely N-dealkylation sites (N-methyl/N-ethyl adjacent to an activating group) is 1. The minimum atomic E-state index is -0.0603. The fourth-order valence-electron chi connectivity index (χ4n) is 4.19. The highest BCUT2D eigenvalue weighted by molar-refractivity contribution is 5.75. The van der Waals surface area contributed by atoms with Gasteiger partial charge < -0.3 is 32.4 Å². The van der Waals surface area contributed by atoms with Crippen molar-refractivity contribution < 1.29 is 31.9 Å². The number of allylic oxidation sites excluding steroid dienone is 2. The van der Waals surface area contributed by atoms with Crippen molar-refractivity contribution in [3.05, 3.63) is 12.2 Å². The molecular formula is C26H53ClN2O3. The second kappa shape index (κ2) is 23.5. The van der Waals surface area contributed by atoms with Crippen molar-refractivity contribution in [2.45, 2.75) is 116 Å². The van der Waals surface area contributed by atoms with Crippen molar-refractivity contribution >= 4 is 5.91 Å². The number of hydrogen-bond donors (Lipinski definition) is 3. The van der Waals surface area contributed by atoms with Crippen LogP contribution in [0.25, 0.3) is 0 Å². The SMILES string of the molecule is CCCCCCCC/C=C\CCCCCCCC(=O)NC(CC)[N+](C)(CCO)CCO.[Cl-]. The van der Waals surface area contributed by atoms with Crippen molar-refractivity contribution in [2.75, 3.05) is 33.4 Å². The van der Waals surface area contributed by atoms with E-state index in [1.165, 1.54) is 70.6 Å². The van der Waals surface area contributed by atoms with Crippen LogP contribution in [0.3, 0.4) is 0 Å². The van der Waals surface area contributed by atoms with Gasteiger partial charge in [0.1, 0.15) is 13.1 Å². The van der Waals surface area contributed by atoms with Gasteiger partial charge in [0.15, 0.2) is 6.17 Å². The summed E-state index contributed by atoms with van der Waals surface area (Å²) in [7, 11) is 1.99. The molecule has 32 heavy (non-hydrogen) atoms. The van der Waals surface area contributed by atoms with E-state index in [9.17, 15) is 15.0 Å². The number of nitrogens with one attached hydrogen (secondary N) is 1. The Balaban J connectivity index is 0. The molecule has 0 aromatic rings. The maximum Gasteiger partial charge on any atom is 0.224 e. The monoisotopic (exact) mass is 476 g/mol. The minimum absolute atomic E-state index is 0. The molecule has 1 unspecified atom stereocenters. The molecule has 0 bridgehead atoms. The van der Waals surface area contributed by atoms with E-state index < -0.39 is 0 Å². The predicted molar refractivity (Wildman–Crippen MR) is 132 cm³/mol. The number of aliphatic hydroxyl groups is 2. The molecular weight excluding hydrogens is 424 g/mol. The number of quaternary nitrogens is 1. The smallest absolute Gasteiger partial charge is 0.224 e. The summed E-state index contributed by atoms with van der Waals surface area (Å²) in [5, 5.41) is 21.8.